The fourth-order valence-corrected chi connectivity index (χ4v) is 2.43. The van der Waals surface area contributed by atoms with Gasteiger partial charge < -0.3 is 9.88 Å². The molecule has 2 N–H and O–H groups in total. The first-order valence-electron chi connectivity index (χ1n) is 8.20. The molecule has 0 atom stereocenters. The number of aromatic nitrogens is 4. The van der Waals surface area contributed by atoms with Crippen LogP contribution in [0.4, 0.5) is 10.6 Å². The van der Waals surface area contributed by atoms with Gasteiger partial charge in [0.15, 0.2) is 0 Å². The summed E-state index contributed by atoms with van der Waals surface area (Å²) in [5.41, 5.74) is 2.62. The maximum atomic E-state index is 12.3. The summed E-state index contributed by atoms with van der Waals surface area (Å²) in [6.07, 6.45) is 3.57. The highest BCUT2D eigenvalue weighted by atomic mass is 16.2. The summed E-state index contributed by atoms with van der Waals surface area (Å²) in [6.45, 7) is 4.51. The molecule has 3 rings (SSSR count). The van der Waals surface area contributed by atoms with E-state index in [1.165, 1.54) is 0 Å². The van der Waals surface area contributed by atoms with Crippen LogP contribution in [-0.2, 0) is 13.6 Å². The molecular formula is C18H22N6O. The van der Waals surface area contributed by atoms with Crippen molar-refractivity contribution in [2.24, 2.45) is 7.05 Å². The van der Waals surface area contributed by atoms with Gasteiger partial charge in [-0.1, -0.05) is 32.0 Å². The predicted octanol–water partition coefficient (Wildman–Crippen LogP) is 3.05. The van der Waals surface area contributed by atoms with Gasteiger partial charge in [-0.15, -0.1) is 0 Å². The minimum absolute atomic E-state index is 0.266. The van der Waals surface area contributed by atoms with Crippen LogP contribution in [0.2, 0.25) is 0 Å². The van der Waals surface area contributed by atoms with E-state index in [9.17, 15) is 4.79 Å². The van der Waals surface area contributed by atoms with Crippen molar-refractivity contribution >= 4 is 11.8 Å². The highest BCUT2D eigenvalue weighted by Gasteiger charge is 2.14. The number of hydrogen-bond donors (Lipinski definition) is 2. The highest BCUT2D eigenvalue weighted by molar-refractivity contribution is 5.88. The van der Waals surface area contributed by atoms with Gasteiger partial charge in [-0.2, -0.15) is 5.10 Å². The Morgan fingerprint density at radius 1 is 1.24 bits per heavy atom. The molecule has 2 heterocycles. The minimum atomic E-state index is -0.293. The average molecular weight is 338 g/mol. The number of rotatable bonds is 5. The van der Waals surface area contributed by atoms with Crippen molar-refractivity contribution in [2.45, 2.75) is 26.3 Å². The predicted molar refractivity (Wildman–Crippen MR) is 96.7 cm³/mol. The van der Waals surface area contributed by atoms with E-state index < -0.39 is 0 Å². The van der Waals surface area contributed by atoms with Gasteiger partial charge in [-0.25, -0.2) is 14.5 Å². The van der Waals surface area contributed by atoms with Crippen LogP contribution >= 0.6 is 0 Å². The zero-order valence-electron chi connectivity index (χ0n) is 14.6. The van der Waals surface area contributed by atoms with Crippen LogP contribution in [0, 0.1) is 0 Å². The molecule has 7 heteroatoms. The molecule has 0 aliphatic carbocycles. The van der Waals surface area contributed by atoms with E-state index in [1.807, 2.05) is 54.2 Å². The number of aryl methyl sites for hydroxylation is 1. The van der Waals surface area contributed by atoms with Crippen LogP contribution in [0.25, 0.3) is 5.69 Å². The second-order valence-corrected chi connectivity index (χ2v) is 6.19. The Hall–Kier alpha value is -3.09. The summed E-state index contributed by atoms with van der Waals surface area (Å²) in [6, 6.07) is 11.3. The molecule has 0 radical (unpaired) electrons. The van der Waals surface area contributed by atoms with Crippen molar-refractivity contribution in [3.05, 3.63) is 60.3 Å². The number of anilines is 1. The number of imidazole rings is 1. The monoisotopic (exact) mass is 338 g/mol. The zero-order valence-corrected chi connectivity index (χ0v) is 14.6. The maximum Gasteiger partial charge on any atom is 0.320 e. The number of benzene rings is 1. The molecule has 0 aliphatic heterocycles. The molecule has 0 saturated carbocycles. The summed E-state index contributed by atoms with van der Waals surface area (Å²) in [7, 11) is 1.89. The Bertz CT molecular complexity index is 850. The smallest absolute Gasteiger partial charge is 0.320 e. The molecule has 7 nitrogen and oxygen atoms in total. The number of carbonyl (C=O) groups is 1. The third kappa shape index (κ3) is 4.06. The molecule has 25 heavy (non-hydrogen) atoms. The Morgan fingerprint density at radius 2 is 2.00 bits per heavy atom. The van der Waals surface area contributed by atoms with Crippen LogP contribution in [0.5, 0.6) is 0 Å². The normalized spacial score (nSPS) is 10.9. The second kappa shape index (κ2) is 7.21. The first-order valence-corrected chi connectivity index (χ1v) is 8.20. The van der Waals surface area contributed by atoms with Gasteiger partial charge in [0.2, 0.25) is 0 Å². The lowest BCUT2D eigenvalue weighted by Crippen LogP contribution is -2.29. The van der Waals surface area contributed by atoms with E-state index in [0.717, 1.165) is 17.1 Å². The van der Waals surface area contributed by atoms with Gasteiger partial charge in [0.1, 0.15) is 5.82 Å². The molecule has 130 valence electrons. The Kier molecular flexibility index (Phi) is 4.83. The standard InChI is InChI=1S/C18H22N6O/c1-13(2)16-9-17(24(22-16)15-7-5-4-6-8-15)21-18(25)19-10-14-11-23(3)12-20-14/h4-9,11-13H,10H2,1-3H3,(H2,19,21,25). The summed E-state index contributed by atoms with van der Waals surface area (Å²) >= 11 is 0. The van der Waals surface area contributed by atoms with Crippen molar-refractivity contribution in [2.75, 3.05) is 5.32 Å². The van der Waals surface area contributed by atoms with Crippen LogP contribution in [0.15, 0.2) is 48.9 Å². The quantitative estimate of drug-likeness (QED) is 0.750. The number of para-hydroxylation sites is 1. The second-order valence-electron chi connectivity index (χ2n) is 6.19. The third-order valence-electron chi connectivity index (χ3n) is 3.75. The minimum Gasteiger partial charge on any atom is -0.340 e. The zero-order chi connectivity index (χ0) is 17.8. The van der Waals surface area contributed by atoms with Crippen LogP contribution in [0.1, 0.15) is 31.2 Å². The van der Waals surface area contributed by atoms with Crippen LogP contribution < -0.4 is 10.6 Å². The average Bonchev–Trinajstić information content (AvgIpc) is 3.20. The van der Waals surface area contributed by atoms with Crippen molar-refractivity contribution in [1.82, 2.24) is 24.6 Å². The number of hydrogen-bond acceptors (Lipinski definition) is 3. The Labute approximate surface area is 146 Å². The van der Waals surface area contributed by atoms with Gasteiger partial charge in [-0.05, 0) is 18.1 Å². The van der Waals surface area contributed by atoms with E-state index in [0.29, 0.717) is 12.4 Å². The lowest BCUT2D eigenvalue weighted by Gasteiger charge is -2.09. The van der Waals surface area contributed by atoms with Gasteiger partial charge in [0.05, 0.1) is 29.9 Å². The van der Waals surface area contributed by atoms with Crippen molar-refractivity contribution in [1.29, 1.82) is 0 Å². The fraction of sp³-hybridized carbons (Fsp3) is 0.278. The van der Waals surface area contributed by atoms with Crippen LogP contribution in [0.3, 0.4) is 0 Å². The SMILES string of the molecule is CC(C)c1cc(NC(=O)NCc2cn(C)cn2)n(-c2ccccc2)n1. The molecule has 0 bridgehead atoms. The van der Waals surface area contributed by atoms with Crippen LogP contribution in [-0.4, -0.2) is 25.4 Å². The topological polar surface area (TPSA) is 76.8 Å². The van der Waals surface area contributed by atoms with Gasteiger partial charge in [0.25, 0.3) is 0 Å². The Balaban J connectivity index is 1.75. The molecule has 2 amide bonds. The number of nitrogens with zero attached hydrogens (tertiary/aromatic N) is 4. The third-order valence-corrected chi connectivity index (χ3v) is 3.75. The molecule has 0 spiro atoms. The fourth-order valence-electron chi connectivity index (χ4n) is 2.43. The molecule has 0 saturated heterocycles. The summed E-state index contributed by atoms with van der Waals surface area (Å²) in [4.78, 5) is 16.4. The molecule has 0 unspecified atom stereocenters. The maximum absolute atomic E-state index is 12.3. The van der Waals surface area contributed by atoms with Gasteiger partial charge in [-0.3, -0.25) is 5.32 Å². The molecule has 0 fully saturated rings. The van der Waals surface area contributed by atoms with Crippen molar-refractivity contribution < 1.29 is 4.79 Å². The Morgan fingerprint density at radius 3 is 2.64 bits per heavy atom. The number of nitrogens with one attached hydrogen (secondary N) is 2. The van der Waals surface area contributed by atoms with E-state index >= 15 is 0 Å². The van der Waals surface area contributed by atoms with E-state index in [-0.39, 0.29) is 11.9 Å². The summed E-state index contributed by atoms with van der Waals surface area (Å²) < 4.78 is 3.59. The number of urea groups is 1. The molecule has 2 aromatic heterocycles. The molecule has 0 aliphatic rings. The number of carbonyl (C=O) groups excluding carboxylic acids is 1. The lowest BCUT2D eigenvalue weighted by atomic mass is 10.1. The van der Waals surface area contributed by atoms with Crippen molar-refractivity contribution in [3.8, 4) is 5.69 Å². The summed E-state index contributed by atoms with van der Waals surface area (Å²) in [5.74, 6) is 0.899. The number of amides is 2. The summed E-state index contributed by atoms with van der Waals surface area (Å²) in [5, 5.41) is 10.3. The van der Waals surface area contributed by atoms with E-state index in [1.54, 1.807) is 11.0 Å². The molecular weight excluding hydrogens is 316 g/mol. The lowest BCUT2D eigenvalue weighted by molar-refractivity contribution is 0.251. The molecule has 3 aromatic rings. The van der Waals surface area contributed by atoms with E-state index in [2.05, 4.69) is 34.6 Å². The highest BCUT2D eigenvalue weighted by Crippen LogP contribution is 2.21. The van der Waals surface area contributed by atoms with Gasteiger partial charge >= 0.3 is 6.03 Å². The van der Waals surface area contributed by atoms with Gasteiger partial charge in [0, 0.05) is 19.3 Å². The first kappa shape index (κ1) is 16.8. The van der Waals surface area contributed by atoms with Crippen molar-refractivity contribution in [3.63, 3.8) is 0 Å². The van der Waals surface area contributed by atoms with E-state index in [4.69, 9.17) is 0 Å². The first-order chi connectivity index (χ1) is 12.0. The molecule has 1 aromatic carbocycles. The largest absolute Gasteiger partial charge is 0.340 e.